The summed E-state index contributed by atoms with van der Waals surface area (Å²) in [6, 6.07) is 6.79. The fourth-order valence-corrected chi connectivity index (χ4v) is 2.31. The molecule has 0 saturated heterocycles. The van der Waals surface area contributed by atoms with Crippen molar-refractivity contribution >= 4 is 24.3 Å². The highest BCUT2D eigenvalue weighted by Gasteiger charge is 2.10. The molecular weight excluding hydrogens is 263 g/mol. The van der Waals surface area contributed by atoms with Crippen LogP contribution in [0.1, 0.15) is 0 Å². The number of hydrogen-bond acceptors (Lipinski definition) is 5. The number of benzene rings is 1. The molecule has 1 heterocycles. The summed E-state index contributed by atoms with van der Waals surface area (Å²) in [5, 5.41) is 22.2. The normalized spacial score (nSPS) is 10.5. The highest BCUT2D eigenvalue weighted by Crippen LogP contribution is 2.16. The summed E-state index contributed by atoms with van der Waals surface area (Å²) in [6.45, 7) is 0.546. The minimum absolute atomic E-state index is 0.428. The summed E-state index contributed by atoms with van der Waals surface area (Å²) in [4.78, 5) is 1.10. The van der Waals surface area contributed by atoms with Gasteiger partial charge in [0, 0.05) is 23.9 Å². The van der Waals surface area contributed by atoms with Gasteiger partial charge >= 0.3 is 7.12 Å². The van der Waals surface area contributed by atoms with Gasteiger partial charge in [-0.25, -0.2) is 0 Å². The zero-order valence-corrected chi connectivity index (χ0v) is 11.4. The van der Waals surface area contributed by atoms with Crippen molar-refractivity contribution in [3.63, 3.8) is 0 Å². The molecule has 100 valence electrons. The van der Waals surface area contributed by atoms with E-state index in [-0.39, 0.29) is 0 Å². The number of nitrogens with zero attached hydrogens (tertiary/aromatic N) is 2. The second-order valence-corrected chi connectivity index (χ2v) is 5.16. The molecule has 0 fully saturated rings. The fraction of sp³-hybridized carbons (Fsp3) is 0.250. The number of hydrogen-bond donors (Lipinski definition) is 2. The first kappa shape index (κ1) is 14.0. The van der Waals surface area contributed by atoms with Crippen LogP contribution in [0.3, 0.4) is 0 Å². The van der Waals surface area contributed by atoms with Crippen molar-refractivity contribution in [1.29, 1.82) is 0 Å². The summed E-state index contributed by atoms with van der Waals surface area (Å²) in [6.07, 6.45) is 3.76. The van der Waals surface area contributed by atoms with E-state index < -0.39 is 7.12 Å². The van der Waals surface area contributed by atoms with E-state index in [1.165, 1.54) is 0 Å². The molecule has 2 N–H and O–H groups in total. The van der Waals surface area contributed by atoms with Crippen LogP contribution in [0.5, 0.6) is 5.75 Å². The van der Waals surface area contributed by atoms with Crippen molar-refractivity contribution in [3.8, 4) is 5.75 Å². The molecule has 0 atom stereocenters. The molecule has 19 heavy (non-hydrogen) atoms. The number of aryl methyl sites for hydroxylation is 1. The van der Waals surface area contributed by atoms with E-state index in [9.17, 15) is 0 Å². The van der Waals surface area contributed by atoms with Crippen LogP contribution >= 0.6 is 11.8 Å². The second kappa shape index (κ2) is 6.65. The molecule has 0 saturated carbocycles. The van der Waals surface area contributed by atoms with Crippen LogP contribution in [-0.4, -0.2) is 39.3 Å². The van der Waals surface area contributed by atoms with Gasteiger partial charge in [0.25, 0.3) is 0 Å². The van der Waals surface area contributed by atoms with Gasteiger partial charge in [-0.3, -0.25) is 4.68 Å². The zero-order valence-electron chi connectivity index (χ0n) is 10.6. The standard InChI is InChI=1S/C12H15BN2O3S/c1-15-9-12(8-14-15)19-6-5-18-11-4-2-3-10(7-11)13(16)17/h2-4,7-9,16-17H,5-6H2,1H3. The highest BCUT2D eigenvalue weighted by atomic mass is 32.2. The molecule has 7 heteroatoms. The van der Waals surface area contributed by atoms with Gasteiger partial charge in [0.1, 0.15) is 5.75 Å². The third-order valence-corrected chi connectivity index (χ3v) is 3.37. The molecule has 2 aromatic rings. The Balaban J connectivity index is 1.78. The minimum Gasteiger partial charge on any atom is -0.493 e. The summed E-state index contributed by atoms with van der Waals surface area (Å²) in [5.41, 5.74) is 0.428. The van der Waals surface area contributed by atoms with E-state index in [4.69, 9.17) is 14.8 Å². The van der Waals surface area contributed by atoms with Crippen LogP contribution < -0.4 is 10.2 Å². The average molecular weight is 278 g/mol. The zero-order chi connectivity index (χ0) is 13.7. The van der Waals surface area contributed by atoms with Crippen molar-refractivity contribution in [2.75, 3.05) is 12.4 Å². The summed E-state index contributed by atoms with van der Waals surface area (Å²) in [7, 11) is 0.417. The van der Waals surface area contributed by atoms with Crippen LogP contribution in [0, 0.1) is 0 Å². The van der Waals surface area contributed by atoms with Gasteiger partial charge in [-0.15, -0.1) is 11.8 Å². The van der Waals surface area contributed by atoms with Gasteiger partial charge in [-0.05, 0) is 17.6 Å². The Hall–Kier alpha value is -1.44. The Morgan fingerprint density at radius 3 is 2.95 bits per heavy atom. The molecule has 0 aliphatic heterocycles. The minimum atomic E-state index is -1.46. The molecule has 0 aliphatic rings. The predicted molar refractivity (Wildman–Crippen MR) is 75.7 cm³/mol. The Morgan fingerprint density at radius 1 is 1.42 bits per heavy atom. The summed E-state index contributed by atoms with van der Waals surface area (Å²) < 4.78 is 7.31. The van der Waals surface area contributed by atoms with E-state index in [1.807, 2.05) is 19.4 Å². The van der Waals surface area contributed by atoms with E-state index >= 15 is 0 Å². The van der Waals surface area contributed by atoms with Crippen molar-refractivity contribution in [1.82, 2.24) is 9.78 Å². The lowest BCUT2D eigenvalue weighted by molar-refractivity contribution is 0.344. The van der Waals surface area contributed by atoms with Crippen molar-refractivity contribution < 1.29 is 14.8 Å². The first-order valence-corrected chi connectivity index (χ1v) is 6.84. The van der Waals surface area contributed by atoms with Crippen molar-refractivity contribution in [2.24, 2.45) is 7.05 Å². The van der Waals surface area contributed by atoms with Gasteiger partial charge in [-0.2, -0.15) is 5.10 Å². The van der Waals surface area contributed by atoms with E-state index in [0.717, 1.165) is 10.6 Å². The summed E-state index contributed by atoms with van der Waals surface area (Å²) in [5.74, 6) is 1.44. The quantitative estimate of drug-likeness (QED) is 0.451. The maximum Gasteiger partial charge on any atom is 0.488 e. The van der Waals surface area contributed by atoms with Crippen LogP contribution in [0.4, 0.5) is 0 Å². The lowest BCUT2D eigenvalue weighted by Crippen LogP contribution is -2.29. The van der Waals surface area contributed by atoms with Gasteiger partial charge in [0.05, 0.1) is 12.8 Å². The fourth-order valence-electron chi connectivity index (χ4n) is 1.56. The monoisotopic (exact) mass is 278 g/mol. The highest BCUT2D eigenvalue weighted by molar-refractivity contribution is 7.99. The maximum atomic E-state index is 9.06. The molecule has 0 amide bonds. The van der Waals surface area contributed by atoms with Crippen molar-refractivity contribution in [2.45, 2.75) is 4.90 Å². The van der Waals surface area contributed by atoms with Gasteiger partial charge < -0.3 is 14.8 Å². The van der Waals surface area contributed by atoms with Crippen LogP contribution in [0.25, 0.3) is 0 Å². The summed E-state index contributed by atoms with van der Waals surface area (Å²) >= 11 is 1.66. The van der Waals surface area contributed by atoms with Crippen molar-refractivity contribution in [3.05, 3.63) is 36.7 Å². The first-order chi connectivity index (χ1) is 9.15. The number of aromatic nitrogens is 2. The molecule has 0 unspecified atom stereocenters. The lowest BCUT2D eigenvalue weighted by atomic mass is 9.80. The molecule has 0 radical (unpaired) electrons. The average Bonchev–Trinajstić information content (AvgIpc) is 2.81. The van der Waals surface area contributed by atoms with Gasteiger partial charge in [0.2, 0.25) is 0 Å². The predicted octanol–water partition coefficient (Wildman–Crippen LogP) is 0.271. The SMILES string of the molecule is Cn1cc(SCCOc2cccc(B(O)O)c2)cn1. The molecule has 1 aromatic heterocycles. The molecule has 1 aromatic carbocycles. The third kappa shape index (κ3) is 4.31. The lowest BCUT2D eigenvalue weighted by Gasteiger charge is -2.07. The smallest absolute Gasteiger partial charge is 0.488 e. The molecule has 2 rings (SSSR count). The number of rotatable bonds is 6. The van der Waals surface area contributed by atoms with Gasteiger partial charge in [-0.1, -0.05) is 12.1 Å². The van der Waals surface area contributed by atoms with E-state index in [0.29, 0.717) is 17.8 Å². The number of thioether (sulfide) groups is 1. The third-order valence-electron chi connectivity index (χ3n) is 2.46. The topological polar surface area (TPSA) is 67.5 Å². The maximum absolute atomic E-state index is 9.06. The van der Waals surface area contributed by atoms with E-state index in [2.05, 4.69) is 5.10 Å². The molecule has 0 aliphatic carbocycles. The molecule has 0 bridgehead atoms. The Morgan fingerprint density at radius 2 is 2.26 bits per heavy atom. The second-order valence-electron chi connectivity index (χ2n) is 3.99. The molecule has 0 spiro atoms. The number of ether oxygens (including phenoxy) is 1. The molecular formula is C12H15BN2O3S. The first-order valence-electron chi connectivity index (χ1n) is 5.85. The van der Waals surface area contributed by atoms with Gasteiger partial charge in [0.15, 0.2) is 0 Å². The van der Waals surface area contributed by atoms with Crippen LogP contribution in [0.2, 0.25) is 0 Å². The Bertz CT molecular complexity index is 533. The largest absolute Gasteiger partial charge is 0.493 e. The Kier molecular flexibility index (Phi) is 4.89. The Labute approximate surface area is 116 Å². The van der Waals surface area contributed by atoms with E-state index in [1.54, 1.807) is 40.7 Å². The van der Waals surface area contributed by atoms with Crippen LogP contribution in [-0.2, 0) is 7.05 Å². The van der Waals surface area contributed by atoms with Crippen LogP contribution in [0.15, 0.2) is 41.6 Å². The molecule has 5 nitrogen and oxygen atoms in total.